The van der Waals surface area contributed by atoms with Crippen LogP contribution in [0.5, 0.6) is 5.75 Å². The van der Waals surface area contributed by atoms with Crippen molar-refractivity contribution in [1.29, 1.82) is 0 Å². The molecule has 96 valence electrons. The van der Waals surface area contributed by atoms with Gasteiger partial charge in [0, 0.05) is 24.7 Å². The van der Waals surface area contributed by atoms with Gasteiger partial charge in [-0.05, 0) is 19.1 Å². The van der Waals surface area contributed by atoms with Crippen molar-refractivity contribution in [2.24, 2.45) is 0 Å². The fraction of sp³-hybridized carbons (Fsp3) is 0.333. The number of hydrogen-bond acceptors (Lipinski definition) is 5. The molecule has 0 radical (unpaired) electrons. The lowest BCUT2D eigenvalue weighted by atomic mass is 10.2. The van der Waals surface area contributed by atoms with Gasteiger partial charge in [0.2, 0.25) is 0 Å². The summed E-state index contributed by atoms with van der Waals surface area (Å²) >= 11 is 0. The van der Waals surface area contributed by atoms with Crippen molar-refractivity contribution < 1.29 is 4.74 Å². The molecule has 1 aromatic heterocycles. The summed E-state index contributed by atoms with van der Waals surface area (Å²) in [5.74, 6) is 1.57. The zero-order valence-electron chi connectivity index (χ0n) is 10.3. The summed E-state index contributed by atoms with van der Waals surface area (Å²) in [6.45, 7) is 3.31. The Morgan fingerprint density at radius 1 is 1.44 bits per heavy atom. The van der Waals surface area contributed by atoms with Crippen LogP contribution in [0.25, 0.3) is 0 Å². The first kappa shape index (κ1) is 12.2. The number of nitrogens with zero attached hydrogens (tertiary/aromatic N) is 2. The predicted molar refractivity (Wildman–Crippen MR) is 70.6 cm³/mol. The molecule has 2 aromatic rings. The Morgan fingerprint density at radius 2 is 2.33 bits per heavy atom. The van der Waals surface area contributed by atoms with Crippen molar-refractivity contribution in [3.63, 3.8) is 0 Å². The Hall–Kier alpha value is -2.24. The third-order valence-corrected chi connectivity index (χ3v) is 2.47. The van der Waals surface area contributed by atoms with E-state index in [9.17, 15) is 0 Å². The number of nitrogen functional groups attached to an aromatic ring is 1. The second kappa shape index (κ2) is 5.90. The van der Waals surface area contributed by atoms with Crippen LogP contribution in [-0.2, 0) is 6.42 Å². The second-order valence-corrected chi connectivity index (χ2v) is 3.79. The average Bonchev–Trinajstić information content (AvgIpc) is 2.87. The van der Waals surface area contributed by atoms with Crippen LogP contribution in [-0.4, -0.2) is 28.3 Å². The van der Waals surface area contributed by atoms with Crippen molar-refractivity contribution in [1.82, 2.24) is 15.2 Å². The van der Waals surface area contributed by atoms with Gasteiger partial charge in [-0.1, -0.05) is 0 Å². The minimum absolute atomic E-state index is 0.603. The fourth-order valence-corrected chi connectivity index (χ4v) is 1.60. The molecule has 0 unspecified atom stereocenters. The highest BCUT2D eigenvalue weighted by molar-refractivity contribution is 5.61. The van der Waals surface area contributed by atoms with E-state index in [1.165, 1.54) is 6.33 Å². The highest BCUT2D eigenvalue weighted by Crippen LogP contribution is 2.25. The third kappa shape index (κ3) is 3.13. The molecule has 18 heavy (non-hydrogen) atoms. The SMILES string of the molecule is CCOc1cc(NCCc2ncn[nH]2)ccc1N. The number of ether oxygens (including phenoxy) is 1. The maximum absolute atomic E-state index is 5.81. The van der Waals surface area contributed by atoms with Crippen LogP contribution in [0, 0.1) is 0 Å². The molecule has 0 saturated heterocycles. The van der Waals surface area contributed by atoms with E-state index in [4.69, 9.17) is 10.5 Å². The highest BCUT2D eigenvalue weighted by Gasteiger charge is 2.02. The van der Waals surface area contributed by atoms with Crippen molar-refractivity contribution in [2.75, 3.05) is 24.2 Å². The molecule has 0 spiro atoms. The van der Waals surface area contributed by atoms with Gasteiger partial charge < -0.3 is 15.8 Å². The zero-order chi connectivity index (χ0) is 12.8. The van der Waals surface area contributed by atoms with E-state index < -0.39 is 0 Å². The van der Waals surface area contributed by atoms with Gasteiger partial charge >= 0.3 is 0 Å². The van der Waals surface area contributed by atoms with Crippen LogP contribution in [0.3, 0.4) is 0 Å². The molecule has 0 aliphatic heterocycles. The molecule has 0 aliphatic rings. The monoisotopic (exact) mass is 247 g/mol. The Kier molecular flexibility index (Phi) is 4.01. The van der Waals surface area contributed by atoms with Crippen molar-refractivity contribution in [3.8, 4) is 5.75 Å². The molecule has 2 rings (SSSR count). The van der Waals surface area contributed by atoms with Crippen LogP contribution >= 0.6 is 0 Å². The average molecular weight is 247 g/mol. The maximum Gasteiger partial charge on any atom is 0.144 e. The molecule has 4 N–H and O–H groups in total. The van der Waals surface area contributed by atoms with Crippen molar-refractivity contribution >= 4 is 11.4 Å². The van der Waals surface area contributed by atoms with Gasteiger partial charge in [-0.2, -0.15) is 5.10 Å². The molecule has 6 nitrogen and oxygen atoms in total. The van der Waals surface area contributed by atoms with E-state index in [1.807, 2.05) is 25.1 Å². The van der Waals surface area contributed by atoms with Crippen molar-refractivity contribution in [2.45, 2.75) is 13.3 Å². The smallest absolute Gasteiger partial charge is 0.144 e. The van der Waals surface area contributed by atoms with Crippen LogP contribution in [0.2, 0.25) is 0 Å². The lowest BCUT2D eigenvalue weighted by molar-refractivity contribution is 0.342. The van der Waals surface area contributed by atoms with E-state index in [2.05, 4.69) is 20.5 Å². The molecule has 0 atom stereocenters. The number of benzene rings is 1. The Morgan fingerprint density at radius 3 is 3.06 bits per heavy atom. The van der Waals surface area contributed by atoms with E-state index >= 15 is 0 Å². The molecule has 0 fully saturated rings. The van der Waals surface area contributed by atoms with Gasteiger partial charge in [0.15, 0.2) is 0 Å². The molecule has 0 aliphatic carbocycles. The highest BCUT2D eigenvalue weighted by atomic mass is 16.5. The van der Waals surface area contributed by atoms with Gasteiger partial charge in [0.05, 0.1) is 12.3 Å². The molecule has 1 aromatic carbocycles. The number of rotatable bonds is 6. The van der Waals surface area contributed by atoms with Crippen LogP contribution in [0.1, 0.15) is 12.7 Å². The first-order chi connectivity index (χ1) is 8.79. The summed E-state index contributed by atoms with van der Waals surface area (Å²) < 4.78 is 5.44. The number of anilines is 2. The molecule has 0 bridgehead atoms. The first-order valence-electron chi connectivity index (χ1n) is 5.90. The number of H-pyrrole nitrogens is 1. The molecule has 6 heteroatoms. The Labute approximate surface area is 106 Å². The normalized spacial score (nSPS) is 10.3. The molecule has 1 heterocycles. The topological polar surface area (TPSA) is 88.8 Å². The summed E-state index contributed by atoms with van der Waals surface area (Å²) in [6.07, 6.45) is 2.29. The van der Waals surface area contributed by atoms with E-state index in [-0.39, 0.29) is 0 Å². The number of hydrogen-bond donors (Lipinski definition) is 3. The third-order valence-electron chi connectivity index (χ3n) is 2.47. The van der Waals surface area contributed by atoms with Gasteiger partial charge in [0.1, 0.15) is 17.9 Å². The molecular weight excluding hydrogens is 230 g/mol. The Bertz CT molecular complexity index is 483. The summed E-state index contributed by atoms with van der Waals surface area (Å²) in [5.41, 5.74) is 7.43. The second-order valence-electron chi connectivity index (χ2n) is 3.79. The zero-order valence-corrected chi connectivity index (χ0v) is 10.3. The van der Waals surface area contributed by atoms with Gasteiger partial charge in [0.25, 0.3) is 0 Å². The number of nitrogens with two attached hydrogens (primary N) is 1. The van der Waals surface area contributed by atoms with Crippen molar-refractivity contribution in [3.05, 3.63) is 30.4 Å². The van der Waals surface area contributed by atoms with Crippen LogP contribution in [0.4, 0.5) is 11.4 Å². The molecular formula is C12H17N5O. The number of aromatic amines is 1. The summed E-state index contributed by atoms with van der Waals surface area (Å²) in [5, 5.41) is 9.90. The van der Waals surface area contributed by atoms with Crippen LogP contribution in [0.15, 0.2) is 24.5 Å². The number of nitrogens with one attached hydrogen (secondary N) is 2. The maximum atomic E-state index is 5.81. The summed E-state index contributed by atoms with van der Waals surface area (Å²) in [6, 6.07) is 5.67. The van der Waals surface area contributed by atoms with Gasteiger partial charge in [-0.3, -0.25) is 5.10 Å². The number of aromatic nitrogens is 3. The Balaban J connectivity index is 1.90. The van der Waals surface area contributed by atoms with E-state index in [0.717, 1.165) is 24.5 Å². The lowest BCUT2D eigenvalue weighted by Gasteiger charge is -2.10. The van der Waals surface area contributed by atoms with E-state index in [0.29, 0.717) is 18.0 Å². The van der Waals surface area contributed by atoms with E-state index in [1.54, 1.807) is 0 Å². The first-order valence-corrected chi connectivity index (χ1v) is 5.90. The molecule has 0 amide bonds. The standard InChI is InChI=1S/C12H17N5O/c1-2-18-11-7-9(3-4-10(11)13)14-6-5-12-15-8-16-17-12/h3-4,7-8,14H,2,5-6,13H2,1H3,(H,15,16,17). The molecule has 0 saturated carbocycles. The summed E-state index contributed by atoms with van der Waals surface area (Å²) in [4.78, 5) is 4.06. The van der Waals surface area contributed by atoms with Gasteiger partial charge in [-0.15, -0.1) is 0 Å². The summed E-state index contributed by atoms with van der Waals surface area (Å²) in [7, 11) is 0. The minimum atomic E-state index is 0.603. The fourth-order valence-electron chi connectivity index (χ4n) is 1.60. The van der Waals surface area contributed by atoms with Crippen LogP contribution < -0.4 is 15.8 Å². The lowest BCUT2D eigenvalue weighted by Crippen LogP contribution is -2.06. The predicted octanol–water partition coefficient (Wildman–Crippen LogP) is 1.44. The minimum Gasteiger partial charge on any atom is -0.492 e. The largest absolute Gasteiger partial charge is 0.492 e. The van der Waals surface area contributed by atoms with Gasteiger partial charge in [-0.25, -0.2) is 4.98 Å². The quantitative estimate of drug-likeness (QED) is 0.672.